The number of rotatable bonds is 13. The fourth-order valence-electron chi connectivity index (χ4n) is 10.2. The van der Waals surface area contributed by atoms with Gasteiger partial charge in [-0.05, 0) is 103 Å². The second-order valence-electron chi connectivity index (χ2n) is 16.6. The Morgan fingerprint density at radius 3 is 1.78 bits per heavy atom. The van der Waals surface area contributed by atoms with Crippen LogP contribution < -0.4 is 69.2 Å². The van der Waals surface area contributed by atoms with Crippen LogP contribution in [0, 0.1) is 0 Å². The van der Waals surface area contributed by atoms with Crippen LogP contribution in [0.4, 0.5) is 5.69 Å². The molecule has 0 saturated heterocycles. The van der Waals surface area contributed by atoms with Gasteiger partial charge in [0, 0.05) is 67.6 Å². The van der Waals surface area contributed by atoms with Gasteiger partial charge < -0.3 is 52.5 Å². The minimum atomic E-state index is -2.46. The number of benzene rings is 7. The number of hydrogen-bond donors (Lipinski definition) is 0. The van der Waals surface area contributed by atoms with Gasteiger partial charge in [-0.15, -0.1) is 0 Å². The number of allylic oxidation sites excluding steroid dienone is 6. The van der Waals surface area contributed by atoms with Crippen molar-refractivity contribution >= 4 is 96.3 Å². The van der Waals surface area contributed by atoms with Gasteiger partial charge in [0.2, 0.25) is 11.4 Å². The lowest BCUT2D eigenvalue weighted by atomic mass is 10.0. The summed E-state index contributed by atoms with van der Waals surface area (Å²) in [5.74, 6) is 0. The largest absolute Gasteiger partial charge is 1.00 e. The zero-order valence-electron chi connectivity index (χ0n) is 36.3. The lowest BCUT2D eigenvalue weighted by Gasteiger charge is -2.30. The van der Waals surface area contributed by atoms with Gasteiger partial charge in [0.25, 0.3) is 0 Å². The highest BCUT2D eigenvalue weighted by molar-refractivity contribution is 7.99. The van der Waals surface area contributed by atoms with Crippen molar-refractivity contribution in [1.82, 2.24) is 4.57 Å². The molecule has 2 nitrogen and oxygen atoms in total. The van der Waals surface area contributed by atoms with Crippen LogP contribution in [-0.4, -0.2) is 21.4 Å². The minimum absolute atomic E-state index is 0. The highest BCUT2D eigenvalue weighted by atomic mass is 127. The van der Waals surface area contributed by atoms with E-state index in [9.17, 15) is 0 Å². The second-order valence-corrected chi connectivity index (χ2v) is 20.8. The monoisotopic (exact) mass is 1120 g/mol. The predicted molar refractivity (Wildman–Crippen MR) is 270 cm³/mol. The topological polar surface area (TPSA) is 7.94 Å². The van der Waals surface area contributed by atoms with E-state index < -0.39 is 7.26 Å². The fraction of sp³-hybridized carbons (Fsp3) is 0.175. The first-order valence-corrected chi connectivity index (χ1v) is 24.8. The third kappa shape index (κ3) is 8.04. The van der Waals surface area contributed by atoms with Crippen molar-refractivity contribution < 1.29 is 52.5 Å². The number of halogens is 4. The zero-order valence-corrected chi connectivity index (χ0v) is 43.0. The quantitative estimate of drug-likeness (QED) is 0.0629. The molecule has 0 fully saturated rings. The standard InChI is InChI=1S/C57H51Cl2N2P.2HI/c1-3-5-38-60-51(47-26-16-24-45-49(58)32-36-53(60)55(45)47)34-30-40-28-29-41(31-35-52-48-27-17-25-46-50(59)33-37-54(56(46)48)61(52)39-6-4-2)57(40)62(42-18-10-7-11-19-42,43-20-12-8-13-21-43)44-22-14-9-15-23-44;;/h7-27,30-37H,3-6,28-29,38-39H2,1-2H3;2*1H/q+2;;/p-2. The number of aryl methyl sites for hydroxylation is 1. The van der Waals surface area contributed by atoms with E-state index in [-0.39, 0.29) is 48.0 Å². The first kappa shape index (κ1) is 46.5. The van der Waals surface area contributed by atoms with E-state index in [1.165, 1.54) is 76.4 Å². The highest BCUT2D eigenvalue weighted by Crippen LogP contribution is 2.68. The van der Waals surface area contributed by atoms with Gasteiger partial charge in [0.05, 0.1) is 10.9 Å². The Hall–Kier alpha value is -4.04. The van der Waals surface area contributed by atoms with E-state index in [1.54, 1.807) is 0 Å². The molecule has 7 heteroatoms. The average molecular weight is 1120 g/mol. The molecule has 0 saturated carbocycles. The predicted octanol–water partition coefficient (Wildman–Crippen LogP) is 8.03. The summed E-state index contributed by atoms with van der Waals surface area (Å²) in [7, 11) is -2.46. The molecule has 0 atom stereocenters. The van der Waals surface area contributed by atoms with Crippen molar-refractivity contribution in [2.75, 3.05) is 6.54 Å². The van der Waals surface area contributed by atoms with Crippen LogP contribution >= 0.6 is 30.5 Å². The molecule has 10 rings (SSSR count). The number of nitrogens with zero attached hydrogens (tertiary/aromatic N) is 2. The molecule has 322 valence electrons. The molecule has 2 aliphatic rings. The minimum Gasteiger partial charge on any atom is -1.00 e. The van der Waals surface area contributed by atoms with E-state index in [2.05, 4.69) is 199 Å². The first-order chi connectivity index (χ1) is 30.5. The summed E-state index contributed by atoms with van der Waals surface area (Å²) in [6.07, 6.45) is 16.2. The van der Waals surface area contributed by atoms with E-state index >= 15 is 0 Å². The molecule has 64 heavy (non-hydrogen) atoms. The molecule has 0 bridgehead atoms. The van der Waals surface area contributed by atoms with Crippen molar-refractivity contribution in [2.24, 2.45) is 0 Å². The third-order valence-electron chi connectivity index (χ3n) is 13.0. The Kier molecular flexibility index (Phi) is 14.7. The molecule has 0 radical (unpaired) electrons. The van der Waals surface area contributed by atoms with Crippen molar-refractivity contribution in [3.8, 4) is 0 Å². The summed E-state index contributed by atoms with van der Waals surface area (Å²) in [5, 5.41) is 14.4. The molecule has 0 amide bonds. The van der Waals surface area contributed by atoms with E-state index in [1.807, 2.05) is 0 Å². The van der Waals surface area contributed by atoms with Crippen LogP contribution in [0.5, 0.6) is 0 Å². The normalized spacial score (nSPS) is 14.8. The molecule has 1 aliphatic heterocycles. The van der Waals surface area contributed by atoms with Crippen molar-refractivity contribution in [1.29, 1.82) is 0 Å². The van der Waals surface area contributed by atoms with Crippen molar-refractivity contribution in [2.45, 2.75) is 58.9 Å². The molecular weight excluding hydrogens is 1070 g/mol. The zero-order chi connectivity index (χ0) is 42.2. The van der Waals surface area contributed by atoms with Crippen molar-refractivity contribution in [3.05, 3.63) is 207 Å². The molecule has 1 aromatic heterocycles. The molecule has 0 spiro atoms. The number of hydrogen-bond acceptors (Lipinski definition) is 0. The van der Waals surface area contributed by atoms with Gasteiger partial charge in [-0.1, -0.05) is 141 Å². The highest BCUT2D eigenvalue weighted by Gasteiger charge is 2.53. The van der Waals surface area contributed by atoms with Gasteiger partial charge in [-0.2, -0.15) is 4.58 Å². The summed E-state index contributed by atoms with van der Waals surface area (Å²) in [6.45, 7) is 6.46. The summed E-state index contributed by atoms with van der Waals surface area (Å²) < 4.78 is 5.07. The molecule has 2 heterocycles. The summed E-state index contributed by atoms with van der Waals surface area (Å²) in [4.78, 5) is 0. The van der Waals surface area contributed by atoms with Gasteiger partial charge in [-0.3, -0.25) is 0 Å². The molecular formula is C57H51Cl2I2N2P. The van der Waals surface area contributed by atoms with Crippen LogP contribution in [0.3, 0.4) is 0 Å². The molecule has 7 aromatic carbocycles. The van der Waals surface area contributed by atoms with E-state index in [0.29, 0.717) is 0 Å². The fourth-order valence-corrected chi connectivity index (χ4v) is 15.4. The molecule has 0 N–H and O–H groups in total. The Bertz CT molecular complexity index is 3070. The lowest BCUT2D eigenvalue weighted by molar-refractivity contribution is -0.436. The average Bonchev–Trinajstić information content (AvgIpc) is 3.97. The molecule has 8 aromatic rings. The summed E-state index contributed by atoms with van der Waals surface area (Å²) in [5.41, 5.74) is 7.80. The van der Waals surface area contributed by atoms with Gasteiger partial charge >= 0.3 is 0 Å². The second kappa shape index (κ2) is 20.2. The van der Waals surface area contributed by atoms with Crippen LogP contribution in [0.15, 0.2) is 186 Å². The van der Waals surface area contributed by atoms with E-state index in [0.717, 1.165) is 72.4 Å². The summed E-state index contributed by atoms with van der Waals surface area (Å²) >= 11 is 13.7. The maximum absolute atomic E-state index is 6.87. The van der Waals surface area contributed by atoms with Gasteiger partial charge in [0.1, 0.15) is 35.0 Å². The Morgan fingerprint density at radius 1 is 0.578 bits per heavy atom. The van der Waals surface area contributed by atoms with Crippen molar-refractivity contribution in [3.63, 3.8) is 0 Å². The van der Waals surface area contributed by atoms with Gasteiger partial charge in [0.15, 0.2) is 0 Å². The lowest BCUT2D eigenvalue weighted by Crippen LogP contribution is -3.00. The summed E-state index contributed by atoms with van der Waals surface area (Å²) in [6, 6.07) is 55.8. The van der Waals surface area contributed by atoms with Crippen LogP contribution in [0.2, 0.25) is 10.0 Å². The Morgan fingerprint density at radius 2 is 1.16 bits per heavy atom. The smallest absolute Gasteiger partial charge is 0.214 e. The maximum atomic E-state index is 6.87. The Balaban J connectivity index is 0.00000280. The first-order valence-electron chi connectivity index (χ1n) is 22.3. The van der Waals surface area contributed by atoms with E-state index in [4.69, 9.17) is 23.2 Å². The Labute approximate surface area is 422 Å². The van der Waals surface area contributed by atoms with Crippen LogP contribution in [0.1, 0.15) is 57.9 Å². The molecule has 1 aliphatic carbocycles. The maximum Gasteiger partial charge on any atom is 0.214 e. The molecule has 0 unspecified atom stereocenters. The van der Waals surface area contributed by atoms with Crippen LogP contribution in [-0.2, 0) is 6.54 Å². The van der Waals surface area contributed by atoms with Gasteiger partial charge in [-0.25, -0.2) is 0 Å². The number of unbranched alkanes of at least 4 members (excludes halogenated alkanes) is 2. The SMILES string of the molecule is CCCCn1/c(=C/C=C2\CCC(/C=C/C3=[N+](CCCC)c4ccc(Cl)c5cccc3c45)=C2[P+](c2ccccc2)(c2ccccc2)c2ccccc2)c2cccc3c(Cl)ccc1c32.[I-].[I-]. The number of aromatic nitrogens is 1. The van der Waals surface area contributed by atoms with Crippen LogP contribution in [0.25, 0.3) is 38.5 Å². The third-order valence-corrected chi connectivity index (χ3v) is 18.2.